The van der Waals surface area contributed by atoms with Crippen molar-refractivity contribution in [3.05, 3.63) is 23.8 Å². The van der Waals surface area contributed by atoms with Crippen molar-refractivity contribution in [2.45, 2.75) is 97.4 Å². The van der Waals surface area contributed by atoms with Crippen molar-refractivity contribution in [2.75, 3.05) is 13.2 Å². The topological polar surface area (TPSA) is 44.5 Å². The number of benzene rings is 1. The van der Waals surface area contributed by atoms with Crippen molar-refractivity contribution in [3.8, 4) is 11.5 Å². The SMILES string of the molecule is CCCCCCCCOc1ccc(CN)cc1OCCCCCCCC. The number of hydrogen-bond acceptors (Lipinski definition) is 3. The number of rotatable bonds is 17. The maximum atomic E-state index is 6.02. The summed E-state index contributed by atoms with van der Waals surface area (Å²) in [7, 11) is 0. The molecule has 0 atom stereocenters. The Kier molecular flexibility index (Phi) is 14.0. The zero-order chi connectivity index (χ0) is 18.9. The molecule has 0 radical (unpaired) electrons. The van der Waals surface area contributed by atoms with Gasteiger partial charge in [-0.25, -0.2) is 0 Å². The summed E-state index contributed by atoms with van der Waals surface area (Å²) in [5.41, 5.74) is 6.87. The molecule has 3 heteroatoms. The molecule has 0 fully saturated rings. The first-order chi connectivity index (χ1) is 12.8. The zero-order valence-corrected chi connectivity index (χ0v) is 17.2. The van der Waals surface area contributed by atoms with Crippen molar-refractivity contribution in [1.29, 1.82) is 0 Å². The summed E-state index contributed by atoms with van der Waals surface area (Å²) in [6, 6.07) is 6.08. The molecule has 0 aromatic heterocycles. The third-order valence-electron chi connectivity index (χ3n) is 4.75. The van der Waals surface area contributed by atoms with Gasteiger partial charge >= 0.3 is 0 Å². The van der Waals surface area contributed by atoms with E-state index in [4.69, 9.17) is 15.2 Å². The average molecular weight is 364 g/mol. The minimum Gasteiger partial charge on any atom is -0.490 e. The predicted molar refractivity (Wildman–Crippen MR) is 112 cm³/mol. The summed E-state index contributed by atoms with van der Waals surface area (Å²) in [5.74, 6) is 1.72. The molecule has 0 bridgehead atoms. The van der Waals surface area contributed by atoms with Crippen molar-refractivity contribution in [1.82, 2.24) is 0 Å². The Bertz CT molecular complexity index is 448. The molecule has 0 saturated carbocycles. The van der Waals surface area contributed by atoms with E-state index in [1.165, 1.54) is 64.2 Å². The first kappa shape index (κ1) is 22.8. The van der Waals surface area contributed by atoms with Crippen molar-refractivity contribution in [3.63, 3.8) is 0 Å². The standard InChI is InChI=1S/C23H41NO2/c1-3-5-7-9-11-13-17-25-22-16-15-21(20-24)19-23(22)26-18-14-12-10-8-6-4-2/h15-16,19H,3-14,17-18,20,24H2,1-2H3. The van der Waals surface area contributed by atoms with Crippen LogP contribution >= 0.6 is 0 Å². The summed E-state index contributed by atoms with van der Waals surface area (Å²) in [6.07, 6.45) is 15.3. The molecule has 1 aromatic rings. The van der Waals surface area contributed by atoms with E-state index in [0.29, 0.717) is 6.54 Å². The Hall–Kier alpha value is -1.22. The Morgan fingerprint density at radius 3 is 1.69 bits per heavy atom. The van der Waals surface area contributed by atoms with Crippen molar-refractivity contribution in [2.24, 2.45) is 5.73 Å². The van der Waals surface area contributed by atoms with E-state index in [2.05, 4.69) is 13.8 Å². The van der Waals surface area contributed by atoms with E-state index in [9.17, 15) is 0 Å². The monoisotopic (exact) mass is 363 g/mol. The van der Waals surface area contributed by atoms with Crippen LogP contribution in [0.15, 0.2) is 18.2 Å². The van der Waals surface area contributed by atoms with Gasteiger partial charge in [0.25, 0.3) is 0 Å². The van der Waals surface area contributed by atoms with E-state index in [1.807, 2.05) is 18.2 Å². The Labute approximate surface area is 161 Å². The molecule has 26 heavy (non-hydrogen) atoms. The largest absolute Gasteiger partial charge is 0.490 e. The second-order valence-electron chi connectivity index (χ2n) is 7.22. The molecule has 1 rings (SSSR count). The fraction of sp³-hybridized carbons (Fsp3) is 0.739. The van der Waals surface area contributed by atoms with Crippen LogP contribution < -0.4 is 15.2 Å². The number of nitrogens with two attached hydrogens (primary N) is 1. The molecular weight excluding hydrogens is 322 g/mol. The van der Waals surface area contributed by atoms with E-state index >= 15 is 0 Å². The highest BCUT2D eigenvalue weighted by Crippen LogP contribution is 2.29. The summed E-state index contributed by atoms with van der Waals surface area (Å²) >= 11 is 0. The Morgan fingerprint density at radius 2 is 1.15 bits per heavy atom. The fourth-order valence-electron chi connectivity index (χ4n) is 3.04. The van der Waals surface area contributed by atoms with Crippen LogP contribution in [0, 0.1) is 0 Å². The highest BCUT2D eigenvalue weighted by Gasteiger charge is 2.07. The molecule has 2 N–H and O–H groups in total. The van der Waals surface area contributed by atoms with Gasteiger partial charge in [0.05, 0.1) is 13.2 Å². The molecule has 0 aliphatic carbocycles. The molecule has 1 aromatic carbocycles. The molecular formula is C23H41NO2. The number of unbranched alkanes of at least 4 members (excludes halogenated alkanes) is 10. The molecule has 0 amide bonds. The lowest BCUT2D eigenvalue weighted by atomic mass is 10.1. The minimum absolute atomic E-state index is 0.533. The predicted octanol–water partition coefficient (Wildman–Crippen LogP) is 6.62. The smallest absolute Gasteiger partial charge is 0.161 e. The maximum Gasteiger partial charge on any atom is 0.161 e. The van der Waals surface area contributed by atoms with Gasteiger partial charge in [0.1, 0.15) is 0 Å². The highest BCUT2D eigenvalue weighted by atomic mass is 16.5. The van der Waals surface area contributed by atoms with Gasteiger partial charge < -0.3 is 15.2 Å². The Morgan fingerprint density at radius 1 is 0.654 bits per heavy atom. The van der Waals surface area contributed by atoms with Crippen LogP contribution in [0.2, 0.25) is 0 Å². The van der Waals surface area contributed by atoms with Crippen LogP contribution in [0.4, 0.5) is 0 Å². The van der Waals surface area contributed by atoms with Crippen LogP contribution in [0.3, 0.4) is 0 Å². The lowest BCUT2D eigenvalue weighted by molar-refractivity contribution is 0.258. The van der Waals surface area contributed by atoms with Gasteiger partial charge in [-0.2, -0.15) is 0 Å². The Balaban J connectivity index is 2.32. The van der Waals surface area contributed by atoms with Gasteiger partial charge in [-0.3, -0.25) is 0 Å². The lowest BCUT2D eigenvalue weighted by Crippen LogP contribution is -2.04. The zero-order valence-electron chi connectivity index (χ0n) is 17.2. The molecule has 0 aliphatic heterocycles. The third kappa shape index (κ3) is 10.7. The first-order valence-electron chi connectivity index (χ1n) is 10.9. The van der Waals surface area contributed by atoms with E-state index in [1.54, 1.807) is 0 Å². The van der Waals surface area contributed by atoms with E-state index in [0.717, 1.165) is 43.1 Å². The fourth-order valence-corrected chi connectivity index (χ4v) is 3.04. The summed E-state index contributed by atoms with van der Waals surface area (Å²) in [6.45, 7) is 6.56. The second-order valence-corrected chi connectivity index (χ2v) is 7.22. The van der Waals surface area contributed by atoms with E-state index in [-0.39, 0.29) is 0 Å². The minimum atomic E-state index is 0.533. The van der Waals surface area contributed by atoms with Gasteiger partial charge in [0.2, 0.25) is 0 Å². The molecule has 0 heterocycles. The van der Waals surface area contributed by atoms with Gasteiger partial charge in [-0.1, -0.05) is 84.1 Å². The van der Waals surface area contributed by atoms with Crippen LogP contribution in [0.1, 0.15) is 96.5 Å². The quantitative estimate of drug-likeness (QED) is 0.316. The molecule has 0 saturated heterocycles. The molecule has 150 valence electrons. The van der Waals surface area contributed by atoms with Gasteiger partial charge in [0, 0.05) is 6.54 Å². The van der Waals surface area contributed by atoms with Crippen molar-refractivity contribution >= 4 is 0 Å². The van der Waals surface area contributed by atoms with Crippen molar-refractivity contribution < 1.29 is 9.47 Å². The van der Waals surface area contributed by atoms with Gasteiger partial charge in [-0.05, 0) is 30.5 Å². The summed E-state index contributed by atoms with van der Waals surface area (Å²) in [4.78, 5) is 0. The first-order valence-corrected chi connectivity index (χ1v) is 10.9. The summed E-state index contributed by atoms with van der Waals surface area (Å²) < 4.78 is 12.0. The van der Waals surface area contributed by atoms with E-state index < -0.39 is 0 Å². The average Bonchev–Trinajstić information content (AvgIpc) is 2.67. The normalized spacial score (nSPS) is 10.9. The number of ether oxygens (including phenoxy) is 2. The molecule has 3 nitrogen and oxygen atoms in total. The summed E-state index contributed by atoms with van der Waals surface area (Å²) in [5, 5.41) is 0. The van der Waals surface area contributed by atoms with Gasteiger partial charge in [0.15, 0.2) is 11.5 Å². The third-order valence-corrected chi connectivity index (χ3v) is 4.75. The highest BCUT2D eigenvalue weighted by molar-refractivity contribution is 5.43. The molecule has 0 aliphatic rings. The molecule has 0 spiro atoms. The maximum absolute atomic E-state index is 6.02. The van der Waals surface area contributed by atoms with Crippen LogP contribution in [-0.2, 0) is 6.54 Å². The lowest BCUT2D eigenvalue weighted by Gasteiger charge is -2.14. The van der Waals surface area contributed by atoms with Crippen LogP contribution in [0.5, 0.6) is 11.5 Å². The second kappa shape index (κ2) is 16.0. The van der Waals surface area contributed by atoms with Gasteiger partial charge in [-0.15, -0.1) is 0 Å². The number of hydrogen-bond donors (Lipinski definition) is 1. The van der Waals surface area contributed by atoms with Crippen LogP contribution in [0.25, 0.3) is 0 Å². The van der Waals surface area contributed by atoms with Crippen LogP contribution in [-0.4, -0.2) is 13.2 Å². The molecule has 0 unspecified atom stereocenters.